The molecule has 0 saturated heterocycles. The van der Waals surface area contributed by atoms with Crippen LogP contribution in [0.4, 0.5) is 0 Å². The number of hydrogen-bond donors (Lipinski definition) is 2. The summed E-state index contributed by atoms with van der Waals surface area (Å²) in [6.45, 7) is 8.54. The number of H-pyrrole nitrogens is 1. The van der Waals surface area contributed by atoms with Gasteiger partial charge >= 0.3 is 0 Å². The van der Waals surface area contributed by atoms with E-state index in [0.717, 1.165) is 5.56 Å². The first-order valence-corrected chi connectivity index (χ1v) is 10.2. The van der Waals surface area contributed by atoms with Gasteiger partial charge in [-0.1, -0.05) is 64.1 Å². The molecule has 3 aromatic rings. The maximum absolute atomic E-state index is 12.6. The third-order valence-corrected chi connectivity index (χ3v) is 5.20. The molecule has 3 rings (SSSR count). The molecule has 2 aromatic carbocycles. The van der Waals surface area contributed by atoms with Crippen LogP contribution in [0.15, 0.2) is 53.3 Å². The molecular weight excluding hydrogens is 362 g/mol. The van der Waals surface area contributed by atoms with E-state index in [1.54, 1.807) is 6.07 Å². The summed E-state index contributed by atoms with van der Waals surface area (Å²) < 4.78 is 0. The fraction of sp³-hybridized carbons (Fsp3) is 0.375. The fourth-order valence-electron chi connectivity index (χ4n) is 3.45. The van der Waals surface area contributed by atoms with Crippen molar-refractivity contribution < 1.29 is 4.79 Å². The van der Waals surface area contributed by atoms with Gasteiger partial charge in [0.2, 0.25) is 5.91 Å². The molecule has 29 heavy (non-hydrogen) atoms. The van der Waals surface area contributed by atoms with Crippen LogP contribution in [-0.4, -0.2) is 15.9 Å². The van der Waals surface area contributed by atoms with Crippen LogP contribution in [0, 0.1) is 5.92 Å². The molecule has 0 spiro atoms. The van der Waals surface area contributed by atoms with Crippen molar-refractivity contribution in [3.8, 4) is 0 Å². The number of carbonyl (C=O) groups is 1. The number of aromatic nitrogens is 2. The third kappa shape index (κ3) is 5.11. The summed E-state index contributed by atoms with van der Waals surface area (Å²) in [7, 11) is 0. The fourth-order valence-corrected chi connectivity index (χ4v) is 3.45. The predicted molar refractivity (Wildman–Crippen MR) is 117 cm³/mol. The van der Waals surface area contributed by atoms with Crippen LogP contribution < -0.4 is 10.9 Å². The second-order valence-electron chi connectivity index (χ2n) is 8.14. The Labute approximate surface area is 171 Å². The maximum atomic E-state index is 12.6. The van der Waals surface area contributed by atoms with Gasteiger partial charge in [0.25, 0.3) is 5.56 Å². The highest BCUT2D eigenvalue weighted by Gasteiger charge is 2.19. The van der Waals surface area contributed by atoms with Crippen molar-refractivity contribution in [1.82, 2.24) is 15.3 Å². The molecule has 0 bridgehead atoms. The third-order valence-electron chi connectivity index (χ3n) is 5.20. The molecule has 1 unspecified atom stereocenters. The largest absolute Gasteiger partial charge is 0.349 e. The van der Waals surface area contributed by atoms with Crippen LogP contribution in [-0.2, 0) is 11.2 Å². The SMILES string of the molecule is CC(C)c1ccc(C(NC(=O)CCc2nc3ccccc3c(=O)[nH]2)C(C)C)cc1. The average molecular weight is 392 g/mol. The second kappa shape index (κ2) is 9.03. The summed E-state index contributed by atoms with van der Waals surface area (Å²) in [6, 6.07) is 15.6. The van der Waals surface area contributed by atoms with Crippen molar-refractivity contribution in [3.05, 3.63) is 75.8 Å². The van der Waals surface area contributed by atoms with Gasteiger partial charge < -0.3 is 10.3 Å². The summed E-state index contributed by atoms with van der Waals surface area (Å²) in [5, 5.41) is 3.71. The molecule has 5 nitrogen and oxygen atoms in total. The van der Waals surface area contributed by atoms with E-state index in [2.05, 4.69) is 67.2 Å². The minimum atomic E-state index is -0.170. The summed E-state index contributed by atoms with van der Waals surface area (Å²) in [6.07, 6.45) is 0.664. The van der Waals surface area contributed by atoms with E-state index in [-0.39, 0.29) is 29.8 Å². The highest BCUT2D eigenvalue weighted by molar-refractivity contribution is 5.78. The Morgan fingerprint density at radius 1 is 1.00 bits per heavy atom. The first-order chi connectivity index (χ1) is 13.8. The van der Waals surface area contributed by atoms with Crippen LogP contribution >= 0.6 is 0 Å². The molecule has 2 N–H and O–H groups in total. The number of rotatable bonds is 7. The molecule has 1 aromatic heterocycles. The highest BCUT2D eigenvalue weighted by atomic mass is 16.1. The lowest BCUT2D eigenvalue weighted by molar-refractivity contribution is -0.122. The number of fused-ring (bicyclic) bond motifs is 1. The molecule has 0 aliphatic rings. The Hall–Kier alpha value is -2.95. The van der Waals surface area contributed by atoms with Gasteiger partial charge in [-0.05, 0) is 35.1 Å². The number of nitrogens with zero attached hydrogens (tertiary/aromatic N) is 1. The van der Waals surface area contributed by atoms with Crippen molar-refractivity contribution in [3.63, 3.8) is 0 Å². The molecule has 1 atom stereocenters. The van der Waals surface area contributed by atoms with Crippen LogP contribution in [0.1, 0.15) is 63.0 Å². The topological polar surface area (TPSA) is 74.8 Å². The lowest BCUT2D eigenvalue weighted by atomic mass is 9.93. The van der Waals surface area contributed by atoms with Gasteiger partial charge in [-0.15, -0.1) is 0 Å². The predicted octanol–water partition coefficient (Wildman–Crippen LogP) is 4.49. The maximum Gasteiger partial charge on any atom is 0.258 e. The Morgan fingerprint density at radius 2 is 1.66 bits per heavy atom. The van der Waals surface area contributed by atoms with Crippen LogP contribution in [0.5, 0.6) is 0 Å². The molecular formula is C24H29N3O2. The van der Waals surface area contributed by atoms with Gasteiger partial charge in [0, 0.05) is 12.8 Å². The number of hydrogen-bond acceptors (Lipinski definition) is 3. The normalized spacial score (nSPS) is 12.5. The standard InChI is InChI=1S/C24H29N3O2/c1-15(2)17-9-11-18(12-10-17)23(16(3)4)27-22(28)14-13-21-25-20-8-6-5-7-19(20)24(29)26-21/h5-12,15-16,23H,13-14H2,1-4H3,(H,27,28)(H,25,26,29). The van der Waals surface area contributed by atoms with E-state index in [4.69, 9.17) is 0 Å². The van der Waals surface area contributed by atoms with Gasteiger partial charge in [-0.3, -0.25) is 9.59 Å². The Bertz CT molecular complexity index is 1040. The van der Waals surface area contributed by atoms with E-state index >= 15 is 0 Å². The van der Waals surface area contributed by atoms with Crippen molar-refractivity contribution in [2.45, 2.75) is 52.5 Å². The van der Waals surface area contributed by atoms with Gasteiger partial charge in [0.1, 0.15) is 5.82 Å². The molecule has 1 amide bonds. The van der Waals surface area contributed by atoms with Gasteiger partial charge in [-0.2, -0.15) is 0 Å². The van der Waals surface area contributed by atoms with Gasteiger partial charge in [0.15, 0.2) is 0 Å². The zero-order chi connectivity index (χ0) is 21.0. The summed E-state index contributed by atoms with van der Waals surface area (Å²) >= 11 is 0. The summed E-state index contributed by atoms with van der Waals surface area (Å²) in [4.78, 5) is 32.0. The molecule has 0 aliphatic carbocycles. The summed E-state index contributed by atoms with van der Waals surface area (Å²) in [5.41, 5.74) is 2.87. The van der Waals surface area contributed by atoms with Crippen LogP contribution in [0.25, 0.3) is 10.9 Å². The number of benzene rings is 2. The van der Waals surface area contributed by atoms with Crippen molar-refractivity contribution >= 4 is 16.8 Å². The molecule has 0 saturated carbocycles. The van der Waals surface area contributed by atoms with E-state index in [9.17, 15) is 9.59 Å². The van der Waals surface area contributed by atoms with Crippen molar-refractivity contribution in [1.29, 1.82) is 0 Å². The van der Waals surface area contributed by atoms with E-state index in [0.29, 0.717) is 29.1 Å². The van der Waals surface area contributed by atoms with Gasteiger partial charge in [-0.25, -0.2) is 4.98 Å². The van der Waals surface area contributed by atoms with Crippen LogP contribution in [0.2, 0.25) is 0 Å². The minimum absolute atomic E-state index is 0.0487. The number of carbonyl (C=O) groups excluding carboxylic acids is 1. The number of para-hydroxylation sites is 1. The molecule has 0 fully saturated rings. The van der Waals surface area contributed by atoms with Crippen molar-refractivity contribution in [2.75, 3.05) is 0 Å². The molecule has 0 aliphatic heterocycles. The number of aromatic amines is 1. The quantitative estimate of drug-likeness (QED) is 0.623. The average Bonchev–Trinajstić information content (AvgIpc) is 2.70. The smallest absolute Gasteiger partial charge is 0.258 e. The highest BCUT2D eigenvalue weighted by Crippen LogP contribution is 2.24. The van der Waals surface area contributed by atoms with E-state index < -0.39 is 0 Å². The molecule has 152 valence electrons. The van der Waals surface area contributed by atoms with E-state index in [1.165, 1.54) is 5.56 Å². The first-order valence-electron chi connectivity index (χ1n) is 10.2. The Morgan fingerprint density at radius 3 is 2.31 bits per heavy atom. The van der Waals surface area contributed by atoms with E-state index in [1.807, 2.05) is 18.2 Å². The Balaban J connectivity index is 1.67. The zero-order valence-electron chi connectivity index (χ0n) is 17.5. The van der Waals surface area contributed by atoms with Gasteiger partial charge in [0.05, 0.1) is 16.9 Å². The molecule has 1 heterocycles. The number of amides is 1. The van der Waals surface area contributed by atoms with Crippen LogP contribution in [0.3, 0.4) is 0 Å². The van der Waals surface area contributed by atoms with Crippen molar-refractivity contribution in [2.24, 2.45) is 5.92 Å². The monoisotopic (exact) mass is 391 g/mol. The minimum Gasteiger partial charge on any atom is -0.349 e. The lowest BCUT2D eigenvalue weighted by Crippen LogP contribution is -2.32. The zero-order valence-corrected chi connectivity index (χ0v) is 17.5. The Kier molecular flexibility index (Phi) is 6.47. The number of nitrogens with one attached hydrogen (secondary N) is 2. The first kappa shape index (κ1) is 20.8. The number of aryl methyl sites for hydroxylation is 1. The molecule has 5 heteroatoms. The summed E-state index contributed by atoms with van der Waals surface area (Å²) in [5.74, 6) is 1.23. The lowest BCUT2D eigenvalue weighted by Gasteiger charge is -2.23. The molecule has 0 radical (unpaired) electrons. The second-order valence-corrected chi connectivity index (χ2v) is 8.14.